The van der Waals surface area contributed by atoms with Gasteiger partial charge in [-0.05, 0) is 12.1 Å². The fourth-order valence-corrected chi connectivity index (χ4v) is 2.52. The molecule has 1 atom stereocenters. The van der Waals surface area contributed by atoms with Crippen molar-refractivity contribution in [1.82, 2.24) is 4.98 Å². The summed E-state index contributed by atoms with van der Waals surface area (Å²) in [6.07, 6.45) is 0.817. The number of thiazole rings is 1. The Morgan fingerprint density at radius 3 is 3.00 bits per heavy atom. The van der Waals surface area contributed by atoms with E-state index >= 15 is 0 Å². The number of benzene rings is 1. The van der Waals surface area contributed by atoms with E-state index in [1.54, 1.807) is 18.3 Å². The Morgan fingerprint density at radius 1 is 1.41 bits per heavy atom. The third-order valence-corrected chi connectivity index (χ3v) is 3.60. The molecule has 0 spiro atoms. The fraction of sp³-hybridized carbons (Fsp3) is 0.0833. The van der Waals surface area contributed by atoms with Crippen LogP contribution in [0.5, 0.6) is 0 Å². The second kappa shape index (κ2) is 4.14. The Hall–Kier alpha value is -1.36. The van der Waals surface area contributed by atoms with Crippen LogP contribution >= 0.6 is 22.9 Å². The highest BCUT2D eigenvalue weighted by molar-refractivity contribution is 7.09. The molecule has 2 aromatic heterocycles. The van der Waals surface area contributed by atoms with Crippen molar-refractivity contribution < 1.29 is 9.52 Å². The minimum absolute atomic E-state index is 0.461. The Balaban J connectivity index is 2.10. The summed E-state index contributed by atoms with van der Waals surface area (Å²) in [7, 11) is 0. The van der Waals surface area contributed by atoms with Gasteiger partial charge in [0.2, 0.25) is 0 Å². The number of rotatable bonds is 2. The number of aliphatic hydroxyl groups excluding tert-OH is 1. The van der Waals surface area contributed by atoms with Crippen LogP contribution in [-0.4, -0.2) is 10.1 Å². The summed E-state index contributed by atoms with van der Waals surface area (Å²) < 4.78 is 5.57. The maximum Gasteiger partial charge on any atom is 0.163 e. The molecule has 3 rings (SSSR count). The van der Waals surface area contributed by atoms with Gasteiger partial charge in [0.1, 0.15) is 10.8 Å². The summed E-state index contributed by atoms with van der Waals surface area (Å²) in [5.74, 6) is 0.461. The Morgan fingerprint density at radius 2 is 2.29 bits per heavy atom. The lowest BCUT2D eigenvalue weighted by atomic mass is 10.2. The number of halogens is 1. The third kappa shape index (κ3) is 1.84. The fourth-order valence-electron chi connectivity index (χ4n) is 1.67. The molecule has 5 heteroatoms. The molecule has 0 saturated carbocycles. The van der Waals surface area contributed by atoms with E-state index in [1.807, 2.05) is 17.5 Å². The second-order valence-corrected chi connectivity index (χ2v) is 4.91. The molecule has 0 fully saturated rings. The van der Waals surface area contributed by atoms with Crippen molar-refractivity contribution in [3.8, 4) is 0 Å². The van der Waals surface area contributed by atoms with Gasteiger partial charge in [-0.2, -0.15) is 0 Å². The zero-order valence-corrected chi connectivity index (χ0v) is 10.2. The molecule has 1 N–H and O–H groups in total. The van der Waals surface area contributed by atoms with Gasteiger partial charge in [-0.15, -0.1) is 11.3 Å². The number of aliphatic hydroxyl groups is 1. The van der Waals surface area contributed by atoms with Crippen LogP contribution in [0.2, 0.25) is 5.02 Å². The van der Waals surface area contributed by atoms with Crippen LogP contribution < -0.4 is 0 Å². The zero-order valence-electron chi connectivity index (χ0n) is 8.63. The van der Waals surface area contributed by atoms with Crippen LogP contribution in [0.15, 0.2) is 40.3 Å². The molecule has 1 aromatic carbocycles. The van der Waals surface area contributed by atoms with Gasteiger partial charge >= 0.3 is 0 Å². The van der Waals surface area contributed by atoms with Gasteiger partial charge < -0.3 is 9.52 Å². The van der Waals surface area contributed by atoms with Crippen LogP contribution in [0.3, 0.4) is 0 Å². The van der Waals surface area contributed by atoms with Crippen LogP contribution in [0.1, 0.15) is 16.9 Å². The lowest BCUT2D eigenvalue weighted by Gasteiger charge is -2.02. The largest absolute Gasteiger partial charge is 0.456 e. The summed E-state index contributed by atoms with van der Waals surface area (Å²) >= 11 is 7.40. The number of fused-ring (bicyclic) bond motifs is 1. The first-order valence-corrected chi connectivity index (χ1v) is 6.27. The van der Waals surface area contributed by atoms with Crippen molar-refractivity contribution in [1.29, 1.82) is 0 Å². The van der Waals surface area contributed by atoms with E-state index in [9.17, 15) is 5.11 Å². The first kappa shape index (κ1) is 10.8. The average Bonchev–Trinajstić information content (AvgIpc) is 2.98. The summed E-state index contributed by atoms with van der Waals surface area (Å²) in [6, 6.07) is 7.28. The van der Waals surface area contributed by atoms with E-state index in [4.69, 9.17) is 16.0 Å². The molecule has 2 heterocycles. The highest BCUT2D eigenvalue weighted by Gasteiger charge is 2.18. The SMILES string of the molecule is OC(c1cc2cccc(Cl)c2o1)c1nccs1. The summed E-state index contributed by atoms with van der Waals surface area (Å²) in [5.41, 5.74) is 0.597. The number of furan rings is 1. The minimum Gasteiger partial charge on any atom is -0.456 e. The van der Waals surface area contributed by atoms with Crippen molar-refractivity contribution in [2.75, 3.05) is 0 Å². The van der Waals surface area contributed by atoms with Crippen LogP contribution in [0.25, 0.3) is 11.0 Å². The van der Waals surface area contributed by atoms with Gasteiger partial charge in [0.05, 0.1) is 5.02 Å². The van der Waals surface area contributed by atoms with Crippen LogP contribution in [0.4, 0.5) is 0 Å². The summed E-state index contributed by atoms with van der Waals surface area (Å²) in [4.78, 5) is 4.06. The first-order valence-electron chi connectivity index (χ1n) is 5.01. The van der Waals surface area contributed by atoms with E-state index in [0.717, 1.165) is 5.39 Å². The number of aromatic nitrogens is 1. The highest BCUT2D eigenvalue weighted by atomic mass is 35.5. The Bertz CT molecular complexity index is 648. The molecule has 0 radical (unpaired) electrons. The molecule has 0 amide bonds. The van der Waals surface area contributed by atoms with Crippen molar-refractivity contribution >= 4 is 33.9 Å². The van der Waals surface area contributed by atoms with Crippen molar-refractivity contribution in [3.05, 3.63) is 51.6 Å². The lowest BCUT2D eigenvalue weighted by Crippen LogP contribution is -1.96. The summed E-state index contributed by atoms with van der Waals surface area (Å²) in [6.45, 7) is 0. The minimum atomic E-state index is -0.835. The van der Waals surface area contributed by atoms with Crippen molar-refractivity contribution in [3.63, 3.8) is 0 Å². The molecule has 17 heavy (non-hydrogen) atoms. The van der Waals surface area contributed by atoms with E-state index in [0.29, 0.717) is 21.4 Å². The number of nitrogens with zero attached hydrogens (tertiary/aromatic N) is 1. The van der Waals surface area contributed by atoms with Crippen molar-refractivity contribution in [2.24, 2.45) is 0 Å². The van der Waals surface area contributed by atoms with Crippen molar-refractivity contribution in [2.45, 2.75) is 6.10 Å². The molecule has 3 nitrogen and oxygen atoms in total. The standard InChI is InChI=1S/C12H8ClNO2S/c13-8-3-1-2-7-6-9(16-11(7)8)10(15)12-14-4-5-17-12/h1-6,10,15H. The van der Waals surface area contributed by atoms with E-state index < -0.39 is 6.10 Å². The van der Waals surface area contributed by atoms with E-state index in [-0.39, 0.29) is 0 Å². The smallest absolute Gasteiger partial charge is 0.163 e. The molecular weight excluding hydrogens is 258 g/mol. The van der Waals surface area contributed by atoms with Gasteiger partial charge in [-0.3, -0.25) is 0 Å². The third-order valence-electron chi connectivity index (χ3n) is 2.47. The molecule has 86 valence electrons. The molecule has 0 saturated heterocycles. The molecule has 0 bridgehead atoms. The van der Waals surface area contributed by atoms with Gasteiger partial charge in [0, 0.05) is 17.0 Å². The molecule has 0 aliphatic carbocycles. The summed E-state index contributed by atoms with van der Waals surface area (Å²) in [5, 5.41) is 13.9. The maximum atomic E-state index is 10.1. The molecule has 3 aromatic rings. The second-order valence-electron chi connectivity index (χ2n) is 3.58. The molecule has 0 aliphatic rings. The Labute approximate surface area is 106 Å². The number of para-hydroxylation sites is 1. The normalized spacial score (nSPS) is 13.1. The number of hydrogen-bond acceptors (Lipinski definition) is 4. The highest BCUT2D eigenvalue weighted by Crippen LogP contribution is 2.32. The van der Waals surface area contributed by atoms with E-state index in [2.05, 4.69) is 4.98 Å². The Kier molecular flexibility index (Phi) is 2.63. The maximum absolute atomic E-state index is 10.1. The molecule has 0 aliphatic heterocycles. The van der Waals surface area contributed by atoms with E-state index in [1.165, 1.54) is 11.3 Å². The monoisotopic (exact) mass is 265 g/mol. The predicted octanol–water partition coefficient (Wildman–Crippen LogP) is 3.62. The van der Waals surface area contributed by atoms with Gasteiger partial charge in [-0.1, -0.05) is 23.7 Å². The number of hydrogen-bond donors (Lipinski definition) is 1. The molecule has 1 unspecified atom stereocenters. The average molecular weight is 266 g/mol. The quantitative estimate of drug-likeness (QED) is 0.770. The van der Waals surface area contributed by atoms with Gasteiger partial charge in [-0.25, -0.2) is 4.98 Å². The predicted molar refractivity (Wildman–Crippen MR) is 67.4 cm³/mol. The zero-order chi connectivity index (χ0) is 11.8. The first-order chi connectivity index (χ1) is 8.25. The van der Waals surface area contributed by atoms with Gasteiger partial charge in [0.25, 0.3) is 0 Å². The topological polar surface area (TPSA) is 46.3 Å². The lowest BCUT2D eigenvalue weighted by molar-refractivity contribution is 0.192. The van der Waals surface area contributed by atoms with Crippen LogP contribution in [-0.2, 0) is 0 Å². The molecular formula is C12H8ClNO2S. The van der Waals surface area contributed by atoms with Crippen LogP contribution in [0, 0.1) is 0 Å². The van der Waals surface area contributed by atoms with Gasteiger partial charge in [0.15, 0.2) is 11.7 Å².